The first-order chi connectivity index (χ1) is 14.9. The molecule has 8 heteroatoms. The van der Waals surface area contributed by atoms with Gasteiger partial charge in [-0.1, -0.05) is 36.8 Å². The Hall–Kier alpha value is -2.16. The minimum Gasteiger partial charge on any atom is -0.373 e. The maximum Gasteiger partial charge on any atom is 0.270 e. The molecule has 168 valence electrons. The molecule has 1 amide bonds. The number of aromatic nitrogens is 1. The minimum absolute atomic E-state index is 0.121. The maximum atomic E-state index is 13.1. The number of aryl methyl sites for hydroxylation is 1. The molecule has 2 fully saturated rings. The van der Waals surface area contributed by atoms with E-state index in [1.807, 2.05) is 30.3 Å². The first-order valence-electron chi connectivity index (χ1n) is 11.1. The van der Waals surface area contributed by atoms with Crippen LogP contribution in [0.5, 0.6) is 0 Å². The lowest BCUT2D eigenvalue weighted by Crippen LogP contribution is -2.41. The molecule has 1 aromatic carbocycles. The van der Waals surface area contributed by atoms with Crippen LogP contribution in [0.25, 0.3) is 0 Å². The second-order valence-electron chi connectivity index (χ2n) is 8.42. The van der Waals surface area contributed by atoms with Crippen LogP contribution in [-0.2, 0) is 28.4 Å². The fourth-order valence-corrected chi connectivity index (χ4v) is 5.91. The summed E-state index contributed by atoms with van der Waals surface area (Å²) in [5.74, 6) is -0.121. The summed E-state index contributed by atoms with van der Waals surface area (Å²) in [6.07, 6.45) is 6.10. The van der Waals surface area contributed by atoms with Crippen LogP contribution in [0.4, 0.5) is 0 Å². The van der Waals surface area contributed by atoms with E-state index in [9.17, 15) is 13.2 Å². The van der Waals surface area contributed by atoms with Crippen molar-refractivity contribution in [3.63, 3.8) is 0 Å². The highest BCUT2D eigenvalue weighted by molar-refractivity contribution is 7.89. The first kappa shape index (κ1) is 22.0. The zero-order valence-electron chi connectivity index (χ0n) is 18.1. The molecule has 1 aromatic heterocycles. The first-order valence-corrected chi connectivity index (χ1v) is 12.5. The van der Waals surface area contributed by atoms with Crippen LogP contribution in [0.1, 0.15) is 48.2 Å². The molecule has 2 aromatic rings. The number of hydrogen-bond donors (Lipinski definition) is 0. The van der Waals surface area contributed by atoms with Crippen molar-refractivity contribution in [3.8, 4) is 0 Å². The molecule has 0 saturated carbocycles. The average Bonchev–Trinajstić information content (AvgIpc) is 3.21. The van der Waals surface area contributed by atoms with E-state index in [4.69, 9.17) is 4.74 Å². The van der Waals surface area contributed by atoms with Crippen molar-refractivity contribution in [2.45, 2.75) is 49.7 Å². The zero-order valence-corrected chi connectivity index (χ0v) is 18.9. The monoisotopic (exact) mass is 445 g/mol. The molecule has 0 bridgehead atoms. The average molecular weight is 446 g/mol. The molecule has 0 atom stereocenters. The number of carbonyl (C=O) groups excluding carboxylic acids is 1. The predicted molar refractivity (Wildman–Crippen MR) is 118 cm³/mol. The van der Waals surface area contributed by atoms with Crippen LogP contribution >= 0.6 is 0 Å². The lowest BCUT2D eigenvalue weighted by molar-refractivity contribution is -0.000582. The summed E-state index contributed by atoms with van der Waals surface area (Å²) in [5, 5.41) is 0. The number of piperidine rings is 2. The lowest BCUT2D eigenvalue weighted by Gasteiger charge is -2.32. The summed E-state index contributed by atoms with van der Waals surface area (Å²) < 4.78 is 35.1. The van der Waals surface area contributed by atoms with Crippen LogP contribution in [0.15, 0.2) is 47.5 Å². The number of carbonyl (C=O) groups is 1. The van der Waals surface area contributed by atoms with Gasteiger partial charge in [-0.25, -0.2) is 8.42 Å². The Morgan fingerprint density at radius 3 is 2.39 bits per heavy atom. The normalized spacial score (nSPS) is 18.9. The summed E-state index contributed by atoms with van der Waals surface area (Å²) in [6.45, 7) is 2.90. The number of sulfonamides is 1. The van der Waals surface area contributed by atoms with Gasteiger partial charge in [0.1, 0.15) is 10.6 Å². The molecule has 2 saturated heterocycles. The van der Waals surface area contributed by atoms with Crippen LogP contribution < -0.4 is 0 Å². The van der Waals surface area contributed by atoms with Crippen molar-refractivity contribution < 1.29 is 17.9 Å². The molecular weight excluding hydrogens is 414 g/mol. The third kappa shape index (κ3) is 5.02. The van der Waals surface area contributed by atoms with E-state index in [-0.39, 0.29) is 16.9 Å². The number of ether oxygens (including phenoxy) is 1. The number of amides is 1. The zero-order chi connectivity index (χ0) is 21.8. The Labute approximate surface area is 184 Å². The standard InChI is InChI=1S/C23H31N3O4S/c1-24-17-21(31(28,29)26-12-6-3-7-13-26)16-22(24)23(27)25-14-10-20(11-15-25)30-18-19-8-4-2-5-9-19/h2,4-5,8-9,16-17,20H,3,6-7,10-15,18H2,1H3. The second-order valence-corrected chi connectivity index (χ2v) is 10.4. The topological polar surface area (TPSA) is 71.9 Å². The number of hydrogen-bond acceptors (Lipinski definition) is 4. The summed E-state index contributed by atoms with van der Waals surface area (Å²) in [6, 6.07) is 11.6. The van der Waals surface area contributed by atoms with Crippen molar-refractivity contribution >= 4 is 15.9 Å². The van der Waals surface area contributed by atoms with Gasteiger partial charge in [-0.3, -0.25) is 4.79 Å². The quantitative estimate of drug-likeness (QED) is 0.685. The van der Waals surface area contributed by atoms with Gasteiger partial charge >= 0.3 is 0 Å². The van der Waals surface area contributed by atoms with Crippen molar-refractivity contribution in [3.05, 3.63) is 53.9 Å². The van der Waals surface area contributed by atoms with Crippen molar-refractivity contribution in [1.29, 1.82) is 0 Å². The number of rotatable bonds is 6. The SMILES string of the molecule is Cn1cc(S(=O)(=O)N2CCCCC2)cc1C(=O)N1CCC(OCc2ccccc2)CC1. The van der Waals surface area contributed by atoms with Gasteiger partial charge in [-0.15, -0.1) is 0 Å². The van der Waals surface area contributed by atoms with E-state index in [0.717, 1.165) is 37.7 Å². The molecule has 0 unspecified atom stereocenters. The van der Waals surface area contributed by atoms with E-state index in [1.54, 1.807) is 22.7 Å². The predicted octanol–water partition coefficient (Wildman–Crippen LogP) is 3.02. The van der Waals surface area contributed by atoms with Crippen LogP contribution in [0.3, 0.4) is 0 Å². The highest BCUT2D eigenvalue weighted by atomic mass is 32.2. The lowest BCUT2D eigenvalue weighted by atomic mass is 10.1. The molecular formula is C23H31N3O4S. The van der Waals surface area contributed by atoms with E-state index < -0.39 is 10.0 Å². The van der Waals surface area contributed by atoms with Gasteiger partial charge in [0.2, 0.25) is 10.0 Å². The minimum atomic E-state index is -3.55. The van der Waals surface area contributed by atoms with E-state index in [1.165, 1.54) is 10.4 Å². The highest BCUT2D eigenvalue weighted by Gasteiger charge is 2.30. The Morgan fingerprint density at radius 2 is 1.71 bits per heavy atom. The Morgan fingerprint density at radius 1 is 1.03 bits per heavy atom. The molecule has 7 nitrogen and oxygen atoms in total. The van der Waals surface area contributed by atoms with Gasteiger partial charge in [-0.05, 0) is 37.3 Å². The summed E-state index contributed by atoms with van der Waals surface area (Å²) in [5.41, 5.74) is 1.56. The molecule has 31 heavy (non-hydrogen) atoms. The van der Waals surface area contributed by atoms with Gasteiger partial charge in [0.25, 0.3) is 5.91 Å². The van der Waals surface area contributed by atoms with Gasteiger partial charge in [0, 0.05) is 39.4 Å². The van der Waals surface area contributed by atoms with Crippen molar-refractivity contribution in [2.75, 3.05) is 26.2 Å². The van der Waals surface area contributed by atoms with Crippen LogP contribution in [0.2, 0.25) is 0 Å². The number of likely N-dealkylation sites (tertiary alicyclic amines) is 1. The van der Waals surface area contributed by atoms with Gasteiger partial charge in [0.15, 0.2) is 0 Å². The Kier molecular flexibility index (Phi) is 6.79. The third-order valence-electron chi connectivity index (χ3n) is 6.21. The van der Waals surface area contributed by atoms with Gasteiger partial charge < -0.3 is 14.2 Å². The molecule has 0 radical (unpaired) electrons. The van der Waals surface area contributed by atoms with E-state index >= 15 is 0 Å². The molecule has 2 aliphatic rings. The fourth-order valence-electron chi connectivity index (χ4n) is 4.32. The molecule has 0 N–H and O–H groups in total. The molecule has 4 rings (SSSR count). The molecule has 0 spiro atoms. The Balaban J connectivity index is 1.36. The van der Waals surface area contributed by atoms with E-state index in [0.29, 0.717) is 38.5 Å². The molecule has 0 aliphatic carbocycles. The number of nitrogens with zero attached hydrogens (tertiary/aromatic N) is 3. The largest absolute Gasteiger partial charge is 0.373 e. The van der Waals surface area contributed by atoms with Gasteiger partial charge in [0.05, 0.1) is 12.7 Å². The second kappa shape index (κ2) is 9.54. The third-order valence-corrected chi connectivity index (χ3v) is 8.07. The van der Waals surface area contributed by atoms with Crippen molar-refractivity contribution in [2.24, 2.45) is 7.05 Å². The van der Waals surface area contributed by atoms with Crippen LogP contribution in [0, 0.1) is 0 Å². The molecule has 2 aliphatic heterocycles. The summed E-state index contributed by atoms with van der Waals surface area (Å²) >= 11 is 0. The summed E-state index contributed by atoms with van der Waals surface area (Å²) in [4.78, 5) is 15.1. The highest BCUT2D eigenvalue weighted by Crippen LogP contribution is 2.24. The van der Waals surface area contributed by atoms with Gasteiger partial charge in [-0.2, -0.15) is 4.31 Å². The number of benzene rings is 1. The fraction of sp³-hybridized carbons (Fsp3) is 0.522. The summed E-state index contributed by atoms with van der Waals surface area (Å²) in [7, 11) is -1.81. The molecule has 3 heterocycles. The maximum absolute atomic E-state index is 13.1. The smallest absolute Gasteiger partial charge is 0.270 e. The van der Waals surface area contributed by atoms with E-state index in [2.05, 4.69) is 0 Å². The Bertz CT molecular complexity index is 989. The van der Waals surface area contributed by atoms with Crippen molar-refractivity contribution in [1.82, 2.24) is 13.8 Å². The van der Waals surface area contributed by atoms with Crippen LogP contribution in [-0.4, -0.2) is 60.4 Å².